The van der Waals surface area contributed by atoms with E-state index in [1.54, 1.807) is 13.8 Å². The SMILES string of the molecule is CCN(CCCNC(C)C(=O)NC(=O)NC)S(C)(=O)=O. The predicted octanol–water partition coefficient (Wildman–Crippen LogP) is -0.908. The lowest BCUT2D eigenvalue weighted by Gasteiger charge is -2.18. The van der Waals surface area contributed by atoms with E-state index < -0.39 is 28.0 Å². The summed E-state index contributed by atoms with van der Waals surface area (Å²) in [4.78, 5) is 22.5. The lowest BCUT2D eigenvalue weighted by Crippen LogP contribution is -2.47. The van der Waals surface area contributed by atoms with Gasteiger partial charge in [-0.1, -0.05) is 6.92 Å². The standard InChI is InChI=1S/C11H24N4O4S/c1-5-15(20(4,18)19)8-6-7-13-9(2)10(16)14-11(17)12-3/h9,13H,5-8H2,1-4H3,(H2,12,14,16,17). The van der Waals surface area contributed by atoms with Crippen LogP contribution in [0.3, 0.4) is 0 Å². The number of carbonyl (C=O) groups excluding carboxylic acids is 2. The molecule has 0 aliphatic carbocycles. The van der Waals surface area contributed by atoms with Crippen molar-refractivity contribution in [2.75, 3.05) is 32.9 Å². The highest BCUT2D eigenvalue weighted by Crippen LogP contribution is 1.98. The second-order valence-electron chi connectivity index (χ2n) is 4.35. The van der Waals surface area contributed by atoms with Gasteiger partial charge >= 0.3 is 6.03 Å². The fraction of sp³-hybridized carbons (Fsp3) is 0.818. The van der Waals surface area contributed by atoms with E-state index in [-0.39, 0.29) is 0 Å². The Hall–Kier alpha value is -1.19. The van der Waals surface area contributed by atoms with Crippen molar-refractivity contribution in [2.24, 2.45) is 0 Å². The molecule has 0 saturated carbocycles. The lowest BCUT2D eigenvalue weighted by atomic mass is 10.3. The largest absolute Gasteiger partial charge is 0.341 e. The topological polar surface area (TPSA) is 108 Å². The van der Waals surface area contributed by atoms with Gasteiger partial charge in [-0.05, 0) is 19.9 Å². The summed E-state index contributed by atoms with van der Waals surface area (Å²) in [6.45, 7) is 4.70. The molecule has 0 aromatic rings. The number of amides is 3. The molecule has 0 aromatic heterocycles. The van der Waals surface area contributed by atoms with Gasteiger partial charge in [0.2, 0.25) is 15.9 Å². The van der Waals surface area contributed by atoms with Gasteiger partial charge in [0.1, 0.15) is 0 Å². The summed E-state index contributed by atoms with van der Waals surface area (Å²) in [7, 11) is -1.76. The van der Waals surface area contributed by atoms with Crippen molar-refractivity contribution in [2.45, 2.75) is 26.3 Å². The summed E-state index contributed by atoms with van der Waals surface area (Å²) in [6.07, 6.45) is 1.75. The number of rotatable bonds is 8. The van der Waals surface area contributed by atoms with E-state index in [1.807, 2.05) is 0 Å². The monoisotopic (exact) mass is 308 g/mol. The summed E-state index contributed by atoms with van der Waals surface area (Å²) in [6, 6.07) is -1.08. The molecule has 118 valence electrons. The smallest absolute Gasteiger partial charge is 0.321 e. The number of nitrogens with one attached hydrogen (secondary N) is 3. The van der Waals surface area contributed by atoms with E-state index in [4.69, 9.17) is 0 Å². The van der Waals surface area contributed by atoms with E-state index >= 15 is 0 Å². The van der Waals surface area contributed by atoms with E-state index in [1.165, 1.54) is 17.6 Å². The average Bonchev–Trinajstić information content (AvgIpc) is 2.36. The molecule has 0 heterocycles. The molecule has 0 rings (SSSR count). The minimum atomic E-state index is -3.18. The Labute approximate surface area is 120 Å². The van der Waals surface area contributed by atoms with Crippen LogP contribution in [0.25, 0.3) is 0 Å². The summed E-state index contributed by atoms with van der Waals surface area (Å²) >= 11 is 0. The molecule has 0 saturated heterocycles. The van der Waals surface area contributed by atoms with Crippen LogP contribution < -0.4 is 16.0 Å². The van der Waals surface area contributed by atoms with Gasteiger partial charge in [-0.3, -0.25) is 10.1 Å². The van der Waals surface area contributed by atoms with Crippen LogP contribution in [-0.4, -0.2) is 63.6 Å². The van der Waals surface area contributed by atoms with Crippen molar-refractivity contribution in [3.05, 3.63) is 0 Å². The molecule has 3 amide bonds. The highest BCUT2D eigenvalue weighted by molar-refractivity contribution is 7.88. The second-order valence-corrected chi connectivity index (χ2v) is 6.33. The molecule has 20 heavy (non-hydrogen) atoms. The first-order valence-corrected chi connectivity index (χ1v) is 8.28. The van der Waals surface area contributed by atoms with Gasteiger partial charge in [0.15, 0.2) is 0 Å². The van der Waals surface area contributed by atoms with Crippen LogP contribution in [0.1, 0.15) is 20.3 Å². The Balaban J connectivity index is 4.00. The van der Waals surface area contributed by atoms with Crippen LogP contribution in [0.5, 0.6) is 0 Å². The van der Waals surface area contributed by atoms with E-state index in [0.717, 1.165) is 0 Å². The molecule has 0 aliphatic heterocycles. The molecule has 0 aliphatic rings. The molecule has 1 atom stereocenters. The maximum Gasteiger partial charge on any atom is 0.321 e. The molecule has 0 radical (unpaired) electrons. The molecule has 1 unspecified atom stereocenters. The molecule has 0 aromatic carbocycles. The van der Waals surface area contributed by atoms with Crippen LogP contribution in [-0.2, 0) is 14.8 Å². The Morgan fingerprint density at radius 3 is 2.35 bits per heavy atom. The molecule has 9 heteroatoms. The molecular formula is C11H24N4O4S. The Morgan fingerprint density at radius 2 is 1.90 bits per heavy atom. The maximum absolute atomic E-state index is 11.5. The van der Waals surface area contributed by atoms with Crippen molar-refractivity contribution >= 4 is 22.0 Å². The first-order chi connectivity index (χ1) is 9.22. The van der Waals surface area contributed by atoms with Crippen molar-refractivity contribution < 1.29 is 18.0 Å². The first kappa shape index (κ1) is 18.8. The van der Waals surface area contributed by atoms with Crippen molar-refractivity contribution in [1.82, 2.24) is 20.3 Å². The second kappa shape index (κ2) is 8.88. The van der Waals surface area contributed by atoms with Crippen molar-refractivity contribution in [1.29, 1.82) is 0 Å². The molecular weight excluding hydrogens is 284 g/mol. The minimum absolute atomic E-state index is 0.395. The third-order valence-electron chi connectivity index (χ3n) is 2.71. The third-order valence-corrected chi connectivity index (χ3v) is 4.09. The minimum Gasteiger partial charge on any atom is -0.341 e. The average molecular weight is 308 g/mol. The van der Waals surface area contributed by atoms with Gasteiger partial charge in [0.25, 0.3) is 0 Å². The van der Waals surface area contributed by atoms with Crippen molar-refractivity contribution in [3.63, 3.8) is 0 Å². The van der Waals surface area contributed by atoms with Crippen LogP contribution in [0.2, 0.25) is 0 Å². The highest BCUT2D eigenvalue weighted by Gasteiger charge is 2.16. The lowest BCUT2D eigenvalue weighted by molar-refractivity contribution is -0.121. The summed E-state index contributed by atoms with van der Waals surface area (Å²) < 4.78 is 24.1. The number of urea groups is 1. The fourth-order valence-corrected chi connectivity index (χ4v) is 2.44. The number of carbonyl (C=O) groups is 2. The number of imide groups is 1. The van der Waals surface area contributed by atoms with Crippen LogP contribution >= 0.6 is 0 Å². The van der Waals surface area contributed by atoms with Gasteiger partial charge in [0, 0.05) is 20.1 Å². The quantitative estimate of drug-likeness (QED) is 0.503. The number of sulfonamides is 1. The van der Waals surface area contributed by atoms with E-state index in [0.29, 0.717) is 26.1 Å². The molecule has 8 nitrogen and oxygen atoms in total. The molecule has 0 bridgehead atoms. The van der Waals surface area contributed by atoms with Gasteiger partial charge in [-0.25, -0.2) is 17.5 Å². The van der Waals surface area contributed by atoms with Crippen LogP contribution in [0.15, 0.2) is 0 Å². The third kappa shape index (κ3) is 7.41. The molecule has 3 N–H and O–H groups in total. The molecule has 0 spiro atoms. The predicted molar refractivity (Wildman–Crippen MR) is 76.8 cm³/mol. The van der Waals surface area contributed by atoms with Gasteiger partial charge in [-0.2, -0.15) is 0 Å². The Morgan fingerprint density at radius 1 is 1.30 bits per heavy atom. The Bertz CT molecular complexity index is 424. The summed E-state index contributed by atoms with van der Waals surface area (Å²) in [5.74, 6) is -0.431. The van der Waals surface area contributed by atoms with E-state index in [2.05, 4.69) is 16.0 Å². The zero-order chi connectivity index (χ0) is 15.8. The number of hydrogen-bond acceptors (Lipinski definition) is 5. The zero-order valence-corrected chi connectivity index (χ0v) is 13.2. The summed E-state index contributed by atoms with van der Waals surface area (Å²) in [5.41, 5.74) is 0. The number of hydrogen-bond donors (Lipinski definition) is 3. The zero-order valence-electron chi connectivity index (χ0n) is 12.4. The van der Waals surface area contributed by atoms with Gasteiger partial charge in [-0.15, -0.1) is 0 Å². The first-order valence-electron chi connectivity index (χ1n) is 6.43. The normalized spacial score (nSPS) is 13.1. The van der Waals surface area contributed by atoms with Gasteiger partial charge < -0.3 is 10.6 Å². The maximum atomic E-state index is 11.5. The van der Waals surface area contributed by atoms with Crippen molar-refractivity contribution in [3.8, 4) is 0 Å². The fourth-order valence-electron chi connectivity index (χ4n) is 1.51. The van der Waals surface area contributed by atoms with Gasteiger partial charge in [0.05, 0.1) is 12.3 Å². The van der Waals surface area contributed by atoms with Crippen LogP contribution in [0, 0.1) is 0 Å². The Kier molecular flexibility index (Phi) is 8.35. The van der Waals surface area contributed by atoms with Crippen LogP contribution in [0.4, 0.5) is 4.79 Å². The highest BCUT2D eigenvalue weighted by atomic mass is 32.2. The van der Waals surface area contributed by atoms with E-state index in [9.17, 15) is 18.0 Å². The summed E-state index contributed by atoms with van der Waals surface area (Å²) in [5, 5.41) is 7.37. The molecule has 0 fully saturated rings. The number of nitrogens with zero attached hydrogens (tertiary/aromatic N) is 1.